The van der Waals surface area contributed by atoms with Gasteiger partial charge in [0.05, 0.1) is 75.1 Å². The Bertz CT molecular complexity index is 6180. The summed E-state index contributed by atoms with van der Waals surface area (Å²) in [7, 11) is 0. The van der Waals surface area contributed by atoms with Gasteiger partial charge in [0.25, 0.3) is 17.7 Å². The summed E-state index contributed by atoms with van der Waals surface area (Å²) in [5.41, 5.74) is 18.2. The number of halogens is 1. The number of H-pyrrole nitrogens is 4. The Kier molecular flexibility index (Phi) is 25.7. The van der Waals surface area contributed by atoms with E-state index < -0.39 is 5.82 Å². The third kappa shape index (κ3) is 19.8. The molecule has 1 saturated carbocycles. The predicted molar refractivity (Wildman–Crippen MR) is 473 cm³/mol. The minimum Gasteiger partial charge on any atom is -0.489 e. The number of ether oxygens (including phenoxy) is 7. The van der Waals surface area contributed by atoms with Crippen molar-refractivity contribution < 1.29 is 51.9 Å². The monoisotopic (exact) mass is 1640 g/mol. The summed E-state index contributed by atoms with van der Waals surface area (Å²) in [6.07, 6.45) is 7.30. The molecule has 19 rings (SSSR count). The molecule has 618 valence electrons. The molecule has 0 unspecified atom stereocenters. The van der Waals surface area contributed by atoms with Gasteiger partial charge in [0, 0.05) is 124 Å². The molecule has 0 radical (unpaired) electrons. The molecule has 123 heavy (non-hydrogen) atoms. The van der Waals surface area contributed by atoms with Gasteiger partial charge < -0.3 is 73.9 Å². The Labute approximate surface area is 711 Å². The molecule has 4 aromatic heterocycles. The van der Waals surface area contributed by atoms with Crippen molar-refractivity contribution in [2.45, 2.75) is 95.6 Å². The summed E-state index contributed by atoms with van der Waals surface area (Å²) in [6.45, 7) is 11.3. The molecule has 23 heteroatoms. The minimum absolute atomic E-state index is 0.0546. The van der Waals surface area contributed by atoms with Gasteiger partial charge in [-0.1, -0.05) is 103 Å². The molecular weight excluding hydrogens is 1550 g/mol. The van der Waals surface area contributed by atoms with Crippen LogP contribution < -0.4 is 35.1 Å². The molecule has 5 aliphatic rings. The van der Waals surface area contributed by atoms with Crippen LogP contribution in [0.1, 0.15) is 119 Å². The van der Waals surface area contributed by atoms with E-state index in [-0.39, 0.29) is 47.6 Å². The van der Waals surface area contributed by atoms with E-state index in [1.54, 1.807) is 12.1 Å². The summed E-state index contributed by atoms with van der Waals surface area (Å²) in [5, 5.41) is 50.9. The number of nitrogens with one attached hydrogen (secondary N) is 7. The zero-order valence-corrected chi connectivity index (χ0v) is 68.2. The molecule has 4 saturated heterocycles. The van der Waals surface area contributed by atoms with Crippen LogP contribution in [0.25, 0.3) is 99.4 Å². The maximum absolute atomic E-state index is 13.8. The number of hydrogen-bond acceptors (Lipinski definition) is 15. The second-order valence-corrected chi connectivity index (χ2v) is 31.2. The number of rotatable bonds is 18. The zero-order valence-electron chi connectivity index (χ0n) is 68.2. The van der Waals surface area contributed by atoms with Crippen molar-refractivity contribution in [3.05, 3.63) is 270 Å². The lowest BCUT2D eigenvalue weighted by Crippen LogP contribution is -2.36. The van der Waals surface area contributed by atoms with Crippen molar-refractivity contribution in [2.24, 2.45) is 0 Å². The average Bonchev–Trinajstić information content (AvgIpc) is 1.66. The number of fused-ring (bicyclic) bond motifs is 4. The molecule has 10 aromatic carbocycles. The quantitative estimate of drug-likeness (QED) is 0.0420. The van der Waals surface area contributed by atoms with Gasteiger partial charge in [-0.3, -0.25) is 14.4 Å². The Balaban J connectivity index is 0.000000122. The first kappa shape index (κ1) is 82.4. The van der Waals surface area contributed by atoms with Crippen LogP contribution in [0, 0.1) is 51.1 Å². The van der Waals surface area contributed by atoms with Crippen LogP contribution in [-0.4, -0.2) is 134 Å². The molecule has 22 nitrogen and oxygen atoms in total. The number of aromatic nitrogens is 4. The number of carbonyl (C=O) groups is 3. The minimum atomic E-state index is -0.497. The Morgan fingerprint density at radius 2 is 0.772 bits per heavy atom. The number of nitriles is 4. The van der Waals surface area contributed by atoms with Gasteiger partial charge in [-0.05, 0) is 198 Å². The second-order valence-electron chi connectivity index (χ2n) is 31.2. The third-order valence-electron chi connectivity index (χ3n) is 22.3. The summed E-state index contributed by atoms with van der Waals surface area (Å²) >= 11 is 0. The zero-order chi connectivity index (χ0) is 84.7. The Hall–Kier alpha value is -14.3. The number of hydrogen-bond donors (Lipinski definition) is 7. The molecular formula is C100H91FN12O10. The highest BCUT2D eigenvalue weighted by Gasteiger charge is 2.27. The molecule has 1 aliphatic carbocycles. The van der Waals surface area contributed by atoms with E-state index in [4.69, 9.17) is 38.4 Å². The van der Waals surface area contributed by atoms with E-state index in [9.17, 15) is 34.6 Å². The van der Waals surface area contributed by atoms with Crippen LogP contribution in [0.4, 0.5) is 15.8 Å². The number of benzene rings is 10. The Morgan fingerprint density at radius 1 is 0.398 bits per heavy atom. The normalized spacial score (nSPS) is 14.9. The van der Waals surface area contributed by atoms with Crippen molar-refractivity contribution in [1.82, 2.24) is 30.6 Å². The van der Waals surface area contributed by atoms with Crippen LogP contribution in [0.2, 0.25) is 0 Å². The van der Waals surface area contributed by atoms with E-state index in [1.165, 1.54) is 11.8 Å². The van der Waals surface area contributed by atoms with E-state index in [2.05, 4.69) is 89.3 Å². The molecule has 0 spiro atoms. The fourth-order valence-electron chi connectivity index (χ4n) is 15.7. The van der Waals surface area contributed by atoms with Gasteiger partial charge in [-0.2, -0.15) is 21.0 Å². The highest BCUT2D eigenvalue weighted by atomic mass is 19.1. The number of amides is 3. The molecule has 14 aromatic rings. The largest absolute Gasteiger partial charge is 0.489 e. The molecule has 0 bridgehead atoms. The lowest BCUT2D eigenvalue weighted by Gasteiger charge is -2.28. The first-order chi connectivity index (χ1) is 60.2. The van der Waals surface area contributed by atoms with Crippen molar-refractivity contribution in [2.75, 3.05) is 76.2 Å². The van der Waals surface area contributed by atoms with Gasteiger partial charge in [-0.25, -0.2) is 4.39 Å². The maximum Gasteiger partial charge on any atom is 0.272 e. The average molecular weight is 1640 g/mol. The summed E-state index contributed by atoms with van der Waals surface area (Å²) in [5.74, 6) is 0.898. The second kappa shape index (κ2) is 38.4. The fraction of sp³-hybridized carbons (Fsp3) is 0.250. The van der Waals surface area contributed by atoms with Crippen molar-refractivity contribution in [1.29, 1.82) is 21.0 Å². The number of morpholine rings is 1. The number of nitrogens with zero attached hydrogens (tertiary/aromatic N) is 5. The first-order valence-corrected chi connectivity index (χ1v) is 41.6. The number of anilines is 2. The number of para-hydroxylation sites is 1. The molecule has 0 atom stereocenters. The highest BCUT2D eigenvalue weighted by Crippen LogP contribution is 2.40. The number of aromatic amines is 4. The highest BCUT2D eigenvalue weighted by molar-refractivity contribution is 6.09. The third-order valence-corrected chi connectivity index (χ3v) is 22.3. The standard InChI is InChI=1S/C27H23N3O3.C25H20FN3O.C24H23N3O3.C24H25N3O3/c28-17-19-15-18(9-10-26(19)33-21-11-13-32-14-12-21)22-7-4-8-24-23(22)16-25(30-24)27(31)29-20-5-2-1-3-6-20;26-23-9-6-18(14-19(23)16-27)21-2-1-3-24-22(21)15-25(28-24)17-4-7-20(8-5-17)29-10-12-30-13-11-29;25-14-16-12-15(4-7-23(16)30-18-8-10-29-11-9-18)19-2-1-3-21-20(19)13-22(27-21)24(28)26-17-5-6-17;1-15(2)26-24(28)22-13-20-19(4-3-5-21(20)27-22)16-6-7-23(17(12-16)14-25)30-18-8-10-29-11-9-18/h1-10,15-16,21,30H,11-14H2,(H,29,31);1-9,14-15,28H,10-13H2;1-4,7,12-13,17-18,27H,5-6,8-11H2,(H,26,28);3-7,12-13,15,18,27H,8-11H2,1-2H3,(H,26,28). The lowest BCUT2D eigenvalue weighted by atomic mass is 9.99. The van der Waals surface area contributed by atoms with E-state index in [0.29, 0.717) is 96.7 Å². The fourth-order valence-corrected chi connectivity index (χ4v) is 15.7. The van der Waals surface area contributed by atoms with Crippen LogP contribution in [0.15, 0.2) is 224 Å². The van der Waals surface area contributed by atoms with Crippen molar-refractivity contribution in [3.8, 4) is 97.3 Å². The first-order valence-electron chi connectivity index (χ1n) is 41.6. The SMILES string of the molecule is CC(C)NC(=O)c1cc2c(-c3ccc(OC4CCOCC4)c(C#N)c3)cccc2[nH]1.N#Cc1cc(-c2cccc3[nH]c(-c4ccc(N5CCOCC5)cc4)cc23)ccc1F.N#Cc1cc(-c2cccc3[nH]c(C(=O)NC4CC4)cc23)ccc1OC1CCOCC1.N#Cc1cc(-c2cccc3[nH]c(C(=O)Nc4ccccc4)cc23)ccc1OC1CCOCC1. The van der Waals surface area contributed by atoms with E-state index >= 15 is 0 Å². The molecule has 4 aliphatic heterocycles. The van der Waals surface area contributed by atoms with E-state index in [0.717, 1.165) is 183 Å². The lowest BCUT2D eigenvalue weighted by molar-refractivity contribution is 0.0252. The van der Waals surface area contributed by atoms with Crippen molar-refractivity contribution >= 4 is 72.7 Å². The molecule has 8 heterocycles. The predicted octanol–water partition coefficient (Wildman–Crippen LogP) is 19.4. The smallest absolute Gasteiger partial charge is 0.272 e. The van der Waals surface area contributed by atoms with Crippen molar-refractivity contribution in [3.63, 3.8) is 0 Å². The van der Waals surface area contributed by atoms with Crippen LogP contribution in [0.3, 0.4) is 0 Å². The molecule has 3 amide bonds. The Morgan fingerprint density at radius 3 is 1.19 bits per heavy atom. The summed E-state index contributed by atoms with van der Waals surface area (Å²) in [6, 6.07) is 80.1. The van der Waals surface area contributed by atoms with Gasteiger partial charge in [0.2, 0.25) is 0 Å². The van der Waals surface area contributed by atoms with Gasteiger partial charge in [0.1, 0.15) is 82.7 Å². The topological polar surface area (TPSA) is 313 Å². The van der Waals surface area contributed by atoms with Gasteiger partial charge >= 0.3 is 0 Å². The molecule has 5 fully saturated rings. The van der Waals surface area contributed by atoms with Gasteiger partial charge in [-0.15, -0.1) is 0 Å². The van der Waals surface area contributed by atoms with Crippen LogP contribution in [0.5, 0.6) is 17.2 Å². The maximum atomic E-state index is 13.8. The van der Waals surface area contributed by atoms with Crippen LogP contribution in [-0.2, 0) is 18.9 Å². The number of carbonyl (C=O) groups excluding carboxylic acids is 3. The van der Waals surface area contributed by atoms with E-state index in [1.807, 2.05) is 196 Å². The molecule has 7 N–H and O–H groups in total. The van der Waals surface area contributed by atoms with Crippen LogP contribution >= 0.6 is 0 Å². The summed E-state index contributed by atoms with van der Waals surface area (Å²) < 4.78 is 53.6. The van der Waals surface area contributed by atoms with Gasteiger partial charge in [0.15, 0.2) is 0 Å². The summed E-state index contributed by atoms with van der Waals surface area (Å²) in [4.78, 5) is 53.0.